The Bertz CT molecular complexity index is 1090. The number of aromatic nitrogens is 2. The highest BCUT2D eigenvalue weighted by Gasteiger charge is 2.07. The normalized spacial score (nSPS) is 10.4. The molecule has 2 aromatic carbocycles. The number of benzene rings is 2. The van der Waals surface area contributed by atoms with Gasteiger partial charge >= 0.3 is 0 Å². The van der Waals surface area contributed by atoms with E-state index >= 15 is 0 Å². The third-order valence-electron chi connectivity index (χ3n) is 4.39. The zero-order chi connectivity index (χ0) is 22.9. The Morgan fingerprint density at radius 3 is 2.56 bits per heavy atom. The lowest BCUT2D eigenvalue weighted by molar-refractivity contribution is -0.120. The van der Waals surface area contributed by atoms with Crippen LogP contribution in [0.1, 0.15) is 22.3 Å². The van der Waals surface area contributed by atoms with Crippen molar-refractivity contribution in [3.63, 3.8) is 0 Å². The van der Waals surface area contributed by atoms with Gasteiger partial charge in [0, 0.05) is 35.0 Å². The van der Waals surface area contributed by atoms with Gasteiger partial charge in [0.25, 0.3) is 0 Å². The van der Waals surface area contributed by atoms with Crippen molar-refractivity contribution in [1.82, 2.24) is 15.3 Å². The maximum atomic E-state index is 12.1. The molecule has 5 N–H and O–H groups in total. The van der Waals surface area contributed by atoms with Crippen LogP contribution in [0.15, 0.2) is 63.7 Å². The minimum absolute atomic E-state index is 0.0137. The SMILES string of the molecule is NC(=O)c1cccc(Nc2ncc(Br)c(NCCCNC(=O)Cc3ccc(Br)cc3)n2)c1. The summed E-state index contributed by atoms with van der Waals surface area (Å²) in [6, 6.07) is 14.5. The van der Waals surface area contributed by atoms with Crippen LogP contribution in [0, 0.1) is 0 Å². The van der Waals surface area contributed by atoms with E-state index in [0.29, 0.717) is 47.0 Å². The van der Waals surface area contributed by atoms with Crippen molar-refractivity contribution in [1.29, 1.82) is 0 Å². The minimum atomic E-state index is -0.503. The number of anilines is 3. The number of primary amides is 1. The van der Waals surface area contributed by atoms with E-state index in [9.17, 15) is 9.59 Å². The predicted octanol–water partition coefficient (Wildman–Crippen LogP) is 4.01. The number of nitrogens with two attached hydrogens (primary N) is 1. The average Bonchev–Trinajstić information content (AvgIpc) is 2.77. The monoisotopic (exact) mass is 560 g/mol. The topological polar surface area (TPSA) is 122 Å². The Morgan fingerprint density at radius 2 is 1.81 bits per heavy atom. The molecule has 3 rings (SSSR count). The van der Waals surface area contributed by atoms with Gasteiger partial charge in [0.15, 0.2) is 0 Å². The number of hydrogen-bond donors (Lipinski definition) is 4. The molecule has 0 bridgehead atoms. The van der Waals surface area contributed by atoms with E-state index in [4.69, 9.17) is 5.73 Å². The standard InChI is InChI=1S/C22H22Br2N6O2/c23-16-7-5-14(6-8-16)11-19(31)26-9-2-10-27-21-18(24)13-28-22(30-21)29-17-4-1-3-15(12-17)20(25)32/h1,3-8,12-13H,2,9-11H2,(H2,25,32)(H,26,31)(H2,27,28,29,30). The zero-order valence-corrected chi connectivity index (χ0v) is 20.2. The fourth-order valence-corrected chi connectivity index (χ4v) is 3.40. The molecule has 2 amide bonds. The van der Waals surface area contributed by atoms with Crippen molar-refractivity contribution in [3.05, 3.63) is 74.8 Å². The number of rotatable bonds is 10. The molecule has 0 saturated carbocycles. The summed E-state index contributed by atoms with van der Waals surface area (Å²) in [5.74, 6) is 0.478. The first kappa shape index (κ1) is 23.7. The summed E-state index contributed by atoms with van der Waals surface area (Å²) in [4.78, 5) is 32.1. The number of nitrogens with zero attached hydrogens (tertiary/aromatic N) is 2. The van der Waals surface area contributed by atoms with Crippen LogP contribution in [0.5, 0.6) is 0 Å². The van der Waals surface area contributed by atoms with Crippen LogP contribution in [0.25, 0.3) is 0 Å². The van der Waals surface area contributed by atoms with Crippen LogP contribution in [0.2, 0.25) is 0 Å². The molecule has 0 unspecified atom stereocenters. The maximum Gasteiger partial charge on any atom is 0.248 e. The molecule has 0 radical (unpaired) electrons. The molecule has 0 fully saturated rings. The zero-order valence-electron chi connectivity index (χ0n) is 17.1. The molecule has 3 aromatic rings. The van der Waals surface area contributed by atoms with Crippen LogP contribution < -0.4 is 21.7 Å². The maximum absolute atomic E-state index is 12.1. The van der Waals surface area contributed by atoms with Gasteiger partial charge in [-0.2, -0.15) is 4.98 Å². The van der Waals surface area contributed by atoms with E-state index < -0.39 is 5.91 Å². The smallest absolute Gasteiger partial charge is 0.248 e. The summed E-state index contributed by atoms with van der Waals surface area (Å²) in [6.45, 7) is 1.17. The molecular weight excluding hydrogens is 540 g/mol. The Hall–Kier alpha value is -2.98. The third kappa shape index (κ3) is 7.31. The largest absolute Gasteiger partial charge is 0.369 e. The van der Waals surface area contributed by atoms with E-state index in [-0.39, 0.29) is 5.91 Å². The molecule has 1 heterocycles. The summed E-state index contributed by atoms with van der Waals surface area (Å²) in [7, 11) is 0. The number of nitrogens with one attached hydrogen (secondary N) is 3. The lowest BCUT2D eigenvalue weighted by Crippen LogP contribution is -2.27. The fraction of sp³-hybridized carbons (Fsp3) is 0.182. The first-order valence-electron chi connectivity index (χ1n) is 9.85. The van der Waals surface area contributed by atoms with Crippen LogP contribution in [0.3, 0.4) is 0 Å². The van der Waals surface area contributed by atoms with Crippen molar-refractivity contribution < 1.29 is 9.59 Å². The van der Waals surface area contributed by atoms with Crippen molar-refractivity contribution in [3.8, 4) is 0 Å². The number of halogens is 2. The van der Waals surface area contributed by atoms with Crippen LogP contribution >= 0.6 is 31.9 Å². The van der Waals surface area contributed by atoms with Gasteiger partial charge in [0.05, 0.1) is 10.9 Å². The molecule has 0 aliphatic carbocycles. The number of hydrogen-bond acceptors (Lipinski definition) is 6. The first-order chi connectivity index (χ1) is 15.4. The summed E-state index contributed by atoms with van der Waals surface area (Å²) >= 11 is 6.81. The number of amides is 2. The van der Waals surface area contributed by atoms with Crippen LogP contribution in [0.4, 0.5) is 17.5 Å². The Balaban J connectivity index is 1.46. The Morgan fingerprint density at radius 1 is 1.03 bits per heavy atom. The summed E-state index contributed by atoms with van der Waals surface area (Å²) in [6.07, 6.45) is 2.71. The van der Waals surface area contributed by atoms with E-state index in [2.05, 4.69) is 57.8 Å². The summed E-state index contributed by atoms with van der Waals surface area (Å²) in [5, 5.41) is 9.21. The van der Waals surface area contributed by atoms with Gasteiger partial charge in [0.1, 0.15) is 5.82 Å². The number of carbonyl (C=O) groups is 2. The molecule has 10 heteroatoms. The second-order valence-corrected chi connectivity index (χ2v) is 8.66. The van der Waals surface area contributed by atoms with Crippen LogP contribution in [-0.2, 0) is 11.2 Å². The Labute approximate surface area is 202 Å². The minimum Gasteiger partial charge on any atom is -0.369 e. The van der Waals surface area contributed by atoms with Crippen molar-refractivity contribution in [2.45, 2.75) is 12.8 Å². The first-order valence-corrected chi connectivity index (χ1v) is 11.4. The van der Waals surface area contributed by atoms with Gasteiger partial charge in [-0.3, -0.25) is 9.59 Å². The van der Waals surface area contributed by atoms with Crippen molar-refractivity contribution in [2.24, 2.45) is 5.73 Å². The highest BCUT2D eigenvalue weighted by Crippen LogP contribution is 2.22. The molecule has 0 aliphatic rings. The lowest BCUT2D eigenvalue weighted by atomic mass is 10.1. The second kappa shape index (κ2) is 11.6. The molecule has 1 aromatic heterocycles. The highest BCUT2D eigenvalue weighted by atomic mass is 79.9. The van der Waals surface area contributed by atoms with E-state index in [1.54, 1.807) is 30.5 Å². The quantitative estimate of drug-likeness (QED) is 0.277. The van der Waals surface area contributed by atoms with E-state index in [1.807, 2.05) is 24.3 Å². The van der Waals surface area contributed by atoms with Crippen molar-refractivity contribution >= 4 is 61.1 Å². The molecule has 166 valence electrons. The number of carbonyl (C=O) groups excluding carboxylic acids is 2. The highest BCUT2D eigenvalue weighted by molar-refractivity contribution is 9.10. The molecule has 0 atom stereocenters. The van der Waals surface area contributed by atoms with Crippen LogP contribution in [-0.4, -0.2) is 34.9 Å². The summed E-state index contributed by atoms with van der Waals surface area (Å²) in [5.41, 5.74) is 7.34. The Kier molecular flexibility index (Phi) is 8.57. The van der Waals surface area contributed by atoms with E-state index in [1.165, 1.54) is 0 Å². The molecule has 0 spiro atoms. The van der Waals surface area contributed by atoms with Gasteiger partial charge in [0.2, 0.25) is 17.8 Å². The lowest BCUT2D eigenvalue weighted by Gasteiger charge is -2.11. The third-order valence-corrected chi connectivity index (χ3v) is 5.50. The fourth-order valence-electron chi connectivity index (χ4n) is 2.80. The van der Waals surface area contributed by atoms with Crippen molar-refractivity contribution in [2.75, 3.05) is 23.7 Å². The molecule has 32 heavy (non-hydrogen) atoms. The second-order valence-electron chi connectivity index (χ2n) is 6.89. The van der Waals surface area contributed by atoms with Gasteiger partial charge in [-0.05, 0) is 58.2 Å². The van der Waals surface area contributed by atoms with Gasteiger partial charge in [-0.1, -0.05) is 34.1 Å². The summed E-state index contributed by atoms with van der Waals surface area (Å²) < 4.78 is 1.70. The predicted molar refractivity (Wildman–Crippen MR) is 132 cm³/mol. The van der Waals surface area contributed by atoms with Gasteiger partial charge in [-0.15, -0.1) is 0 Å². The molecule has 0 aliphatic heterocycles. The molecule has 8 nitrogen and oxygen atoms in total. The average molecular weight is 562 g/mol. The molecular formula is C22H22Br2N6O2. The van der Waals surface area contributed by atoms with Gasteiger partial charge in [-0.25, -0.2) is 4.98 Å². The molecule has 0 saturated heterocycles. The van der Waals surface area contributed by atoms with E-state index in [0.717, 1.165) is 16.5 Å². The van der Waals surface area contributed by atoms with Gasteiger partial charge < -0.3 is 21.7 Å².